The second-order valence-corrected chi connectivity index (χ2v) is 6.63. The summed E-state index contributed by atoms with van der Waals surface area (Å²) in [7, 11) is 0. The molecule has 9 nitrogen and oxygen atoms in total. The van der Waals surface area contributed by atoms with E-state index in [1.54, 1.807) is 0 Å². The maximum Gasteiger partial charge on any atom is 0.416 e. The van der Waals surface area contributed by atoms with Crippen molar-refractivity contribution in [2.75, 3.05) is 5.32 Å². The molecule has 0 atom stereocenters. The fraction of sp³-hybridized carbons (Fsp3) is 0.158. The highest BCUT2D eigenvalue weighted by Crippen LogP contribution is 2.33. The lowest BCUT2D eigenvalue weighted by Gasteiger charge is -2.14. The Kier molecular flexibility index (Phi) is 5.19. The van der Waals surface area contributed by atoms with Gasteiger partial charge in [-0.15, -0.1) is 10.2 Å². The minimum absolute atomic E-state index is 0.0794. The van der Waals surface area contributed by atoms with Gasteiger partial charge < -0.3 is 5.32 Å². The van der Waals surface area contributed by atoms with Crippen molar-refractivity contribution >= 4 is 11.6 Å². The van der Waals surface area contributed by atoms with Crippen molar-refractivity contribution in [1.82, 2.24) is 35.0 Å². The number of rotatable bonds is 5. The number of hydrogen-bond donors (Lipinski definition) is 1. The number of carbonyl (C=O) groups is 1. The molecule has 0 aliphatic heterocycles. The van der Waals surface area contributed by atoms with Gasteiger partial charge in [-0.3, -0.25) is 4.79 Å². The standard InChI is InChI=1S/C19H15F3N8O/c1-12-2-4-13(5-3-12)18-26-28-30(27-18)9-17(31)25-15-8-14(19(20,21)22)6-7-16(15)29-11-23-10-24-29/h2-8,10-11H,9H2,1H3,(H,25,31). The molecule has 158 valence electrons. The number of amides is 1. The van der Waals surface area contributed by atoms with Crippen LogP contribution in [0.15, 0.2) is 55.1 Å². The van der Waals surface area contributed by atoms with Crippen LogP contribution in [0, 0.1) is 6.92 Å². The van der Waals surface area contributed by atoms with E-state index >= 15 is 0 Å². The van der Waals surface area contributed by atoms with Crippen molar-refractivity contribution in [3.05, 3.63) is 66.2 Å². The van der Waals surface area contributed by atoms with Crippen LogP contribution in [0.4, 0.5) is 18.9 Å². The molecule has 0 unspecified atom stereocenters. The second kappa shape index (κ2) is 7.97. The Labute approximate surface area is 173 Å². The molecule has 1 amide bonds. The number of halogens is 3. The lowest BCUT2D eigenvalue weighted by Crippen LogP contribution is -2.22. The topological polar surface area (TPSA) is 103 Å². The maximum atomic E-state index is 13.1. The van der Waals surface area contributed by atoms with Crippen LogP contribution in [0.25, 0.3) is 17.1 Å². The van der Waals surface area contributed by atoms with E-state index in [1.165, 1.54) is 23.4 Å². The number of nitrogens with zero attached hydrogens (tertiary/aromatic N) is 7. The van der Waals surface area contributed by atoms with Crippen LogP contribution in [0.5, 0.6) is 0 Å². The van der Waals surface area contributed by atoms with Crippen molar-refractivity contribution in [3.63, 3.8) is 0 Å². The molecule has 0 aliphatic rings. The lowest BCUT2D eigenvalue weighted by atomic mass is 10.1. The Hall–Kier alpha value is -4.09. The zero-order chi connectivity index (χ0) is 22.0. The van der Waals surface area contributed by atoms with Gasteiger partial charge >= 0.3 is 6.18 Å². The lowest BCUT2D eigenvalue weighted by molar-refractivity contribution is -0.137. The van der Waals surface area contributed by atoms with Crippen molar-refractivity contribution in [2.45, 2.75) is 19.6 Å². The van der Waals surface area contributed by atoms with E-state index < -0.39 is 17.6 Å². The number of aromatic nitrogens is 7. The van der Waals surface area contributed by atoms with E-state index in [0.29, 0.717) is 5.82 Å². The summed E-state index contributed by atoms with van der Waals surface area (Å²) in [6.45, 7) is 1.60. The first-order valence-electron chi connectivity index (χ1n) is 9.00. The third-order valence-electron chi connectivity index (χ3n) is 4.31. The van der Waals surface area contributed by atoms with Crippen molar-refractivity contribution < 1.29 is 18.0 Å². The molecule has 0 spiro atoms. The van der Waals surface area contributed by atoms with Crippen molar-refractivity contribution in [1.29, 1.82) is 0 Å². The zero-order valence-corrected chi connectivity index (χ0v) is 16.1. The molecule has 4 rings (SSSR count). The third kappa shape index (κ3) is 4.57. The summed E-state index contributed by atoms with van der Waals surface area (Å²) in [6.07, 6.45) is -2.03. The first-order valence-corrected chi connectivity index (χ1v) is 9.00. The van der Waals surface area contributed by atoms with Gasteiger partial charge in [-0.25, -0.2) is 9.67 Å². The normalized spacial score (nSPS) is 11.5. The van der Waals surface area contributed by atoms with E-state index in [2.05, 4.69) is 30.8 Å². The van der Waals surface area contributed by atoms with Gasteiger partial charge in [0.2, 0.25) is 11.7 Å². The van der Waals surface area contributed by atoms with Gasteiger partial charge in [0, 0.05) is 5.56 Å². The predicted molar refractivity (Wildman–Crippen MR) is 103 cm³/mol. The first-order chi connectivity index (χ1) is 14.8. The Morgan fingerprint density at radius 2 is 1.90 bits per heavy atom. The molecule has 0 fully saturated rings. The number of alkyl halides is 3. The zero-order valence-electron chi connectivity index (χ0n) is 16.1. The van der Waals surface area contributed by atoms with Crippen LogP contribution in [-0.4, -0.2) is 40.9 Å². The summed E-state index contributed by atoms with van der Waals surface area (Å²) in [5.74, 6) is -0.302. The molecule has 0 radical (unpaired) electrons. The molecular formula is C19H15F3N8O. The molecule has 2 heterocycles. The largest absolute Gasteiger partial charge is 0.416 e. The Morgan fingerprint density at radius 3 is 2.58 bits per heavy atom. The smallest absolute Gasteiger partial charge is 0.323 e. The summed E-state index contributed by atoms with van der Waals surface area (Å²) in [4.78, 5) is 17.3. The summed E-state index contributed by atoms with van der Waals surface area (Å²) >= 11 is 0. The molecular weight excluding hydrogens is 413 g/mol. The van der Waals surface area contributed by atoms with Gasteiger partial charge in [-0.1, -0.05) is 29.8 Å². The van der Waals surface area contributed by atoms with E-state index in [4.69, 9.17) is 0 Å². The molecule has 31 heavy (non-hydrogen) atoms. The molecule has 2 aromatic carbocycles. The predicted octanol–water partition coefficient (Wildman–Crippen LogP) is 2.89. The van der Waals surface area contributed by atoms with Crippen molar-refractivity contribution in [2.24, 2.45) is 0 Å². The summed E-state index contributed by atoms with van der Waals surface area (Å²) in [6, 6.07) is 10.4. The minimum Gasteiger partial charge on any atom is -0.323 e. The quantitative estimate of drug-likeness (QED) is 0.524. The molecule has 1 N–H and O–H groups in total. The van der Waals surface area contributed by atoms with E-state index in [9.17, 15) is 18.0 Å². The van der Waals surface area contributed by atoms with Crippen molar-refractivity contribution in [3.8, 4) is 17.1 Å². The van der Waals surface area contributed by atoms with Gasteiger partial charge in [0.25, 0.3) is 0 Å². The van der Waals surface area contributed by atoms with Gasteiger partial charge in [-0.05, 0) is 30.3 Å². The van der Waals surface area contributed by atoms with Gasteiger partial charge in [0.1, 0.15) is 19.2 Å². The van der Waals surface area contributed by atoms with Crippen LogP contribution in [0.2, 0.25) is 0 Å². The highest BCUT2D eigenvalue weighted by atomic mass is 19.4. The summed E-state index contributed by atoms with van der Waals surface area (Å²) in [5.41, 5.74) is 1.03. The van der Waals surface area contributed by atoms with Gasteiger partial charge in [0.15, 0.2) is 0 Å². The number of aryl methyl sites for hydroxylation is 1. The number of anilines is 1. The number of tetrazole rings is 1. The average Bonchev–Trinajstić information content (AvgIpc) is 3.40. The molecule has 0 saturated heterocycles. The number of carbonyl (C=O) groups excluding carboxylic acids is 1. The van der Waals surface area contributed by atoms with Crippen LogP contribution < -0.4 is 5.32 Å². The molecule has 0 saturated carbocycles. The van der Waals surface area contributed by atoms with Gasteiger partial charge in [0.05, 0.1) is 16.9 Å². The first kappa shape index (κ1) is 20.2. The Balaban J connectivity index is 1.55. The fourth-order valence-corrected chi connectivity index (χ4v) is 2.79. The van der Waals surface area contributed by atoms with Crippen LogP contribution in [0.3, 0.4) is 0 Å². The SMILES string of the molecule is Cc1ccc(-c2nnn(CC(=O)Nc3cc(C(F)(F)F)ccc3-n3cncn3)n2)cc1. The Bertz CT molecular complexity index is 1200. The van der Waals surface area contributed by atoms with E-state index in [-0.39, 0.29) is 17.9 Å². The van der Waals surface area contributed by atoms with Crippen LogP contribution >= 0.6 is 0 Å². The Morgan fingerprint density at radius 1 is 1.13 bits per heavy atom. The number of nitrogens with one attached hydrogen (secondary N) is 1. The monoisotopic (exact) mass is 428 g/mol. The van der Waals surface area contributed by atoms with Gasteiger partial charge in [-0.2, -0.15) is 23.1 Å². The molecule has 4 aromatic rings. The number of hydrogen-bond acceptors (Lipinski definition) is 6. The summed E-state index contributed by atoms with van der Waals surface area (Å²) < 4.78 is 40.7. The molecule has 12 heteroatoms. The maximum absolute atomic E-state index is 13.1. The second-order valence-electron chi connectivity index (χ2n) is 6.63. The third-order valence-corrected chi connectivity index (χ3v) is 4.31. The van der Waals surface area contributed by atoms with E-state index in [1.807, 2.05) is 31.2 Å². The average molecular weight is 428 g/mol. The molecule has 0 bridgehead atoms. The minimum atomic E-state index is -4.57. The molecule has 2 aromatic heterocycles. The van der Waals surface area contributed by atoms with Crippen LogP contribution in [-0.2, 0) is 17.5 Å². The van der Waals surface area contributed by atoms with E-state index in [0.717, 1.165) is 28.1 Å². The number of benzene rings is 2. The fourth-order valence-electron chi connectivity index (χ4n) is 2.79. The summed E-state index contributed by atoms with van der Waals surface area (Å²) in [5, 5.41) is 18.3. The van der Waals surface area contributed by atoms with Crippen LogP contribution in [0.1, 0.15) is 11.1 Å². The highest BCUT2D eigenvalue weighted by Gasteiger charge is 2.31. The highest BCUT2D eigenvalue weighted by molar-refractivity contribution is 5.92. The molecule has 0 aliphatic carbocycles.